The highest BCUT2D eigenvalue weighted by molar-refractivity contribution is 5.60. The van der Waals surface area contributed by atoms with Crippen molar-refractivity contribution in [2.45, 2.75) is 53.4 Å². The van der Waals surface area contributed by atoms with E-state index in [4.69, 9.17) is 5.73 Å². The predicted octanol–water partition coefficient (Wildman–Crippen LogP) is 3.29. The van der Waals surface area contributed by atoms with Crippen LogP contribution in [0.15, 0.2) is 0 Å². The minimum absolute atomic E-state index is 0.0383. The van der Waals surface area contributed by atoms with Crippen molar-refractivity contribution in [2.75, 3.05) is 17.6 Å². The summed E-state index contributed by atoms with van der Waals surface area (Å²) in [5.41, 5.74) is 5.79. The fourth-order valence-corrected chi connectivity index (χ4v) is 2.20. The van der Waals surface area contributed by atoms with Gasteiger partial charge in [-0.15, -0.1) is 0 Å². The molecule has 0 amide bonds. The molecule has 0 bridgehead atoms. The maximum Gasteiger partial charge on any atom is 0.332 e. The zero-order valence-electron chi connectivity index (χ0n) is 13.3. The molecule has 0 radical (unpaired) electrons. The van der Waals surface area contributed by atoms with Crippen LogP contribution in [0.1, 0.15) is 52.1 Å². The molecule has 118 valence electrons. The molecule has 7 heteroatoms. The van der Waals surface area contributed by atoms with Gasteiger partial charge in [-0.3, -0.25) is 10.1 Å². The minimum Gasteiger partial charge on any atom is -0.368 e. The van der Waals surface area contributed by atoms with Gasteiger partial charge in [0.15, 0.2) is 0 Å². The van der Waals surface area contributed by atoms with Crippen molar-refractivity contribution in [1.29, 1.82) is 0 Å². The molecule has 1 aromatic heterocycles. The number of nitrogens with two attached hydrogens (primary N) is 1. The summed E-state index contributed by atoms with van der Waals surface area (Å²) in [7, 11) is 0. The normalized spacial score (nSPS) is 11.4. The van der Waals surface area contributed by atoms with Crippen LogP contribution in [-0.4, -0.2) is 21.4 Å². The molecule has 0 saturated heterocycles. The topological polar surface area (TPSA) is 107 Å². The van der Waals surface area contributed by atoms with Gasteiger partial charge in [-0.2, -0.15) is 4.98 Å². The van der Waals surface area contributed by atoms with Gasteiger partial charge in [-0.05, 0) is 18.8 Å². The van der Waals surface area contributed by atoms with Crippen LogP contribution in [-0.2, 0) is 0 Å². The molecule has 1 rings (SSSR count). The molecule has 21 heavy (non-hydrogen) atoms. The Bertz CT molecular complexity index is 502. The summed E-state index contributed by atoms with van der Waals surface area (Å²) >= 11 is 0. The molecular formula is C14H25N5O2. The van der Waals surface area contributed by atoms with Gasteiger partial charge < -0.3 is 11.1 Å². The van der Waals surface area contributed by atoms with Crippen molar-refractivity contribution in [3.8, 4) is 0 Å². The maximum atomic E-state index is 11.1. The average molecular weight is 295 g/mol. The van der Waals surface area contributed by atoms with Crippen LogP contribution >= 0.6 is 0 Å². The second kappa shape index (κ2) is 7.19. The van der Waals surface area contributed by atoms with Gasteiger partial charge in [-0.25, -0.2) is 4.98 Å². The summed E-state index contributed by atoms with van der Waals surface area (Å²) < 4.78 is 0. The lowest BCUT2D eigenvalue weighted by Gasteiger charge is -2.25. The zero-order valence-corrected chi connectivity index (χ0v) is 13.3. The van der Waals surface area contributed by atoms with Gasteiger partial charge >= 0.3 is 5.69 Å². The Balaban J connectivity index is 2.81. The van der Waals surface area contributed by atoms with E-state index in [9.17, 15) is 10.1 Å². The van der Waals surface area contributed by atoms with Crippen LogP contribution < -0.4 is 11.1 Å². The molecule has 3 N–H and O–H groups in total. The van der Waals surface area contributed by atoms with E-state index in [0.717, 1.165) is 12.8 Å². The first kappa shape index (κ1) is 17.1. The first-order chi connectivity index (χ1) is 9.76. The van der Waals surface area contributed by atoms with Gasteiger partial charge in [0.05, 0.1) is 4.92 Å². The summed E-state index contributed by atoms with van der Waals surface area (Å²) in [5, 5.41) is 14.2. The van der Waals surface area contributed by atoms with E-state index in [2.05, 4.69) is 36.1 Å². The lowest BCUT2D eigenvalue weighted by atomic mass is 9.87. The molecule has 0 atom stereocenters. The quantitative estimate of drug-likeness (QED) is 0.433. The smallest absolute Gasteiger partial charge is 0.332 e. The predicted molar refractivity (Wildman–Crippen MR) is 84.2 cm³/mol. The van der Waals surface area contributed by atoms with Crippen molar-refractivity contribution in [1.82, 2.24) is 9.97 Å². The lowest BCUT2D eigenvalue weighted by Crippen LogP contribution is -2.24. The second-order valence-electron chi connectivity index (χ2n) is 6.10. The van der Waals surface area contributed by atoms with Crippen LogP contribution in [0.25, 0.3) is 0 Å². The monoisotopic (exact) mass is 295 g/mol. The highest BCUT2D eigenvalue weighted by Gasteiger charge is 2.24. The average Bonchev–Trinajstić information content (AvgIpc) is 2.35. The molecule has 0 aliphatic heterocycles. The Hall–Kier alpha value is -1.92. The number of hydrogen-bond donors (Lipinski definition) is 2. The fraction of sp³-hybridized carbons (Fsp3) is 0.714. The Morgan fingerprint density at radius 3 is 2.57 bits per heavy atom. The Kier molecular flexibility index (Phi) is 5.87. The van der Waals surface area contributed by atoms with E-state index in [1.165, 1.54) is 12.8 Å². The molecule has 0 unspecified atom stereocenters. The highest BCUT2D eigenvalue weighted by Crippen LogP contribution is 2.29. The number of nitrogens with zero attached hydrogens (tertiary/aromatic N) is 3. The first-order valence-corrected chi connectivity index (χ1v) is 7.29. The minimum atomic E-state index is -0.471. The summed E-state index contributed by atoms with van der Waals surface area (Å²) in [6.45, 7) is 8.61. The molecule has 1 aromatic rings. The molecule has 0 spiro atoms. The largest absolute Gasteiger partial charge is 0.368 e. The fourth-order valence-electron chi connectivity index (χ4n) is 2.20. The Morgan fingerprint density at radius 1 is 1.33 bits per heavy atom. The molecule has 7 nitrogen and oxygen atoms in total. The summed E-state index contributed by atoms with van der Waals surface area (Å²) in [6.07, 6.45) is 4.58. The van der Waals surface area contributed by atoms with E-state index >= 15 is 0 Å². The molecule has 1 heterocycles. The SMILES string of the molecule is CCCCCC(C)(C)CNc1nc(N)nc(C)c1[N+](=O)[O-]. The van der Waals surface area contributed by atoms with E-state index in [0.29, 0.717) is 6.54 Å². The number of hydrogen-bond acceptors (Lipinski definition) is 6. The maximum absolute atomic E-state index is 11.1. The number of nitrogens with one attached hydrogen (secondary N) is 1. The van der Waals surface area contributed by atoms with E-state index < -0.39 is 4.92 Å². The van der Waals surface area contributed by atoms with Crippen molar-refractivity contribution in [3.05, 3.63) is 15.8 Å². The number of anilines is 2. The highest BCUT2D eigenvalue weighted by atomic mass is 16.6. The molecule has 0 aromatic carbocycles. The van der Waals surface area contributed by atoms with Crippen LogP contribution in [0, 0.1) is 22.5 Å². The summed E-state index contributed by atoms with van der Waals surface area (Å²) in [4.78, 5) is 18.5. The summed E-state index contributed by atoms with van der Waals surface area (Å²) in [6, 6.07) is 0. The summed E-state index contributed by atoms with van der Waals surface area (Å²) in [5.74, 6) is 0.248. The van der Waals surface area contributed by atoms with E-state index in [-0.39, 0.29) is 28.6 Å². The van der Waals surface area contributed by atoms with Crippen molar-refractivity contribution >= 4 is 17.5 Å². The third kappa shape index (κ3) is 5.17. The molecule has 0 aliphatic carbocycles. The zero-order chi connectivity index (χ0) is 16.0. The molecule has 0 saturated carbocycles. The van der Waals surface area contributed by atoms with Gasteiger partial charge in [-0.1, -0.05) is 40.0 Å². The van der Waals surface area contributed by atoms with Gasteiger partial charge in [0.1, 0.15) is 5.69 Å². The number of unbranched alkanes of at least 4 members (excludes halogenated alkanes) is 2. The van der Waals surface area contributed by atoms with Crippen LogP contribution in [0.5, 0.6) is 0 Å². The third-order valence-corrected chi connectivity index (χ3v) is 3.45. The van der Waals surface area contributed by atoms with Crippen molar-refractivity contribution in [2.24, 2.45) is 5.41 Å². The van der Waals surface area contributed by atoms with Gasteiger partial charge in [0.2, 0.25) is 11.8 Å². The second-order valence-corrected chi connectivity index (χ2v) is 6.10. The lowest BCUT2D eigenvalue weighted by molar-refractivity contribution is -0.385. The number of rotatable bonds is 8. The standard InChI is InChI=1S/C14H25N5O2/c1-5-6-7-8-14(3,4)9-16-12-11(19(20)21)10(2)17-13(15)18-12/h5-9H2,1-4H3,(H3,15,16,17,18). The number of nitro groups is 1. The number of nitrogen functional groups attached to an aromatic ring is 1. The first-order valence-electron chi connectivity index (χ1n) is 7.29. The Labute approximate surface area is 125 Å². The van der Waals surface area contributed by atoms with Crippen molar-refractivity contribution < 1.29 is 4.92 Å². The van der Waals surface area contributed by atoms with Crippen LogP contribution in [0.3, 0.4) is 0 Å². The van der Waals surface area contributed by atoms with Gasteiger partial charge in [0, 0.05) is 6.54 Å². The van der Waals surface area contributed by atoms with Crippen LogP contribution in [0.2, 0.25) is 0 Å². The van der Waals surface area contributed by atoms with E-state index in [1.807, 2.05) is 0 Å². The van der Waals surface area contributed by atoms with Crippen molar-refractivity contribution in [3.63, 3.8) is 0 Å². The van der Waals surface area contributed by atoms with E-state index in [1.54, 1.807) is 6.92 Å². The number of aromatic nitrogens is 2. The molecular weight excluding hydrogens is 270 g/mol. The third-order valence-electron chi connectivity index (χ3n) is 3.45. The molecule has 0 fully saturated rings. The molecule has 0 aliphatic rings. The van der Waals surface area contributed by atoms with Gasteiger partial charge in [0.25, 0.3) is 0 Å². The van der Waals surface area contributed by atoms with Crippen LogP contribution in [0.4, 0.5) is 17.5 Å². The number of aryl methyl sites for hydroxylation is 1. The Morgan fingerprint density at radius 2 is 2.00 bits per heavy atom.